The highest BCUT2D eigenvalue weighted by Crippen LogP contribution is 2.27. The van der Waals surface area contributed by atoms with E-state index in [1.807, 2.05) is 19.2 Å². The Balaban J connectivity index is 1.74. The van der Waals surface area contributed by atoms with Gasteiger partial charge in [0, 0.05) is 31.4 Å². The smallest absolute Gasteiger partial charge is 0.406 e. The summed E-state index contributed by atoms with van der Waals surface area (Å²) < 4.78 is 43.7. The van der Waals surface area contributed by atoms with Crippen LogP contribution in [0.5, 0.6) is 5.75 Å². The predicted octanol–water partition coefficient (Wildman–Crippen LogP) is 5.03. The number of nitrogens with zero attached hydrogens (tertiary/aromatic N) is 2. The second kappa shape index (κ2) is 13.3. The van der Waals surface area contributed by atoms with Crippen molar-refractivity contribution in [2.45, 2.75) is 46.1 Å². The van der Waals surface area contributed by atoms with Crippen LogP contribution in [-0.2, 0) is 17.9 Å². The first-order chi connectivity index (χ1) is 17.2. The largest absolute Gasteiger partial charge is 0.573 e. The molecule has 0 aliphatic rings. The molecule has 0 unspecified atom stereocenters. The summed E-state index contributed by atoms with van der Waals surface area (Å²) in [5.41, 5.74) is 3.94. The third-order valence-electron chi connectivity index (χ3n) is 5.34. The standard InChI is InChI=1S/C26H31F3N4O2S/c1-3-31-24(34)13-15-30-14-4-16-33-23(21-9-11-22(12-10-21)35-26(27,28)29)18-36-25(33)32-17-20-7-5-19(2)6-8-20/h5-12,18,30H,3-4,13-17H2,1-2H3,(H,31,34). The Morgan fingerprint density at radius 2 is 1.81 bits per heavy atom. The molecular weight excluding hydrogens is 489 g/mol. The van der Waals surface area contributed by atoms with E-state index in [1.165, 1.54) is 29.0 Å². The molecule has 0 saturated heterocycles. The Morgan fingerprint density at radius 3 is 2.47 bits per heavy atom. The normalized spacial score (nSPS) is 12.1. The summed E-state index contributed by atoms with van der Waals surface area (Å²) in [4.78, 5) is 17.2. The van der Waals surface area contributed by atoms with Crippen molar-refractivity contribution in [1.82, 2.24) is 15.2 Å². The molecule has 0 saturated carbocycles. The Hall–Kier alpha value is -3.11. The molecule has 2 N–H and O–H groups in total. The van der Waals surface area contributed by atoms with Gasteiger partial charge in [0.25, 0.3) is 0 Å². The quantitative estimate of drug-likeness (QED) is 0.329. The van der Waals surface area contributed by atoms with Gasteiger partial charge in [-0.1, -0.05) is 29.8 Å². The van der Waals surface area contributed by atoms with Gasteiger partial charge in [0.2, 0.25) is 5.91 Å². The van der Waals surface area contributed by atoms with E-state index in [2.05, 4.69) is 44.2 Å². The third-order valence-corrected chi connectivity index (χ3v) is 6.24. The summed E-state index contributed by atoms with van der Waals surface area (Å²) in [6, 6.07) is 14.1. The van der Waals surface area contributed by atoms with Gasteiger partial charge >= 0.3 is 6.36 Å². The van der Waals surface area contributed by atoms with Crippen LogP contribution in [0.15, 0.2) is 58.9 Å². The minimum absolute atomic E-state index is 0.0228. The fourth-order valence-electron chi connectivity index (χ4n) is 3.56. The van der Waals surface area contributed by atoms with Crippen molar-refractivity contribution in [3.8, 4) is 17.0 Å². The number of aromatic nitrogens is 1. The monoisotopic (exact) mass is 520 g/mol. The van der Waals surface area contributed by atoms with Crippen LogP contribution in [0, 0.1) is 6.92 Å². The van der Waals surface area contributed by atoms with Crippen molar-refractivity contribution >= 4 is 17.2 Å². The average Bonchev–Trinajstić information content (AvgIpc) is 3.23. The molecule has 36 heavy (non-hydrogen) atoms. The van der Waals surface area contributed by atoms with Crippen molar-refractivity contribution in [3.05, 3.63) is 69.8 Å². The molecule has 0 aliphatic carbocycles. The molecule has 3 aromatic rings. The summed E-state index contributed by atoms with van der Waals surface area (Å²) in [6.45, 7) is 7.06. The van der Waals surface area contributed by atoms with Gasteiger partial charge in [-0.25, -0.2) is 0 Å². The van der Waals surface area contributed by atoms with Crippen LogP contribution in [0.4, 0.5) is 13.2 Å². The molecule has 6 nitrogen and oxygen atoms in total. The van der Waals surface area contributed by atoms with Crippen molar-refractivity contribution in [3.63, 3.8) is 0 Å². The van der Waals surface area contributed by atoms with E-state index in [0.717, 1.165) is 34.6 Å². The molecule has 0 atom stereocenters. The number of amides is 1. The van der Waals surface area contributed by atoms with Crippen LogP contribution in [0.2, 0.25) is 0 Å². The number of rotatable bonds is 12. The van der Waals surface area contributed by atoms with Crippen LogP contribution in [0.25, 0.3) is 11.3 Å². The van der Waals surface area contributed by atoms with Crippen molar-refractivity contribution in [2.24, 2.45) is 4.99 Å². The first-order valence-corrected chi connectivity index (χ1v) is 12.7. The highest BCUT2D eigenvalue weighted by Gasteiger charge is 2.31. The van der Waals surface area contributed by atoms with Crippen molar-refractivity contribution < 1.29 is 22.7 Å². The minimum atomic E-state index is -4.73. The molecule has 3 rings (SSSR count). The molecule has 1 amide bonds. The number of carbonyl (C=O) groups is 1. The second-order valence-electron chi connectivity index (χ2n) is 8.24. The van der Waals surface area contributed by atoms with Crippen molar-refractivity contribution in [1.29, 1.82) is 0 Å². The maximum absolute atomic E-state index is 12.5. The molecule has 1 heterocycles. The van der Waals surface area contributed by atoms with Crippen LogP contribution < -0.4 is 20.2 Å². The number of hydrogen-bond acceptors (Lipinski definition) is 5. The van der Waals surface area contributed by atoms with Crippen LogP contribution in [0.3, 0.4) is 0 Å². The lowest BCUT2D eigenvalue weighted by Crippen LogP contribution is -2.28. The lowest BCUT2D eigenvalue weighted by atomic mass is 10.1. The summed E-state index contributed by atoms with van der Waals surface area (Å²) in [7, 11) is 0. The summed E-state index contributed by atoms with van der Waals surface area (Å²) in [6.07, 6.45) is -3.50. The van der Waals surface area contributed by atoms with Crippen LogP contribution in [-0.4, -0.2) is 36.5 Å². The van der Waals surface area contributed by atoms with Gasteiger partial charge in [-0.3, -0.25) is 9.79 Å². The molecule has 2 aromatic carbocycles. The highest BCUT2D eigenvalue weighted by atomic mass is 32.1. The lowest BCUT2D eigenvalue weighted by molar-refractivity contribution is -0.274. The number of hydrogen-bond donors (Lipinski definition) is 2. The number of benzene rings is 2. The van der Waals surface area contributed by atoms with Gasteiger partial charge < -0.3 is 19.9 Å². The van der Waals surface area contributed by atoms with Gasteiger partial charge in [0.15, 0.2) is 4.80 Å². The van der Waals surface area contributed by atoms with Gasteiger partial charge in [0.1, 0.15) is 5.75 Å². The first-order valence-electron chi connectivity index (χ1n) is 11.8. The van der Waals surface area contributed by atoms with E-state index in [0.29, 0.717) is 32.6 Å². The Labute approximate surface area is 212 Å². The third kappa shape index (κ3) is 8.83. The van der Waals surface area contributed by atoms with E-state index in [-0.39, 0.29) is 11.7 Å². The maximum Gasteiger partial charge on any atom is 0.573 e. The molecule has 0 aliphatic heterocycles. The molecule has 0 fully saturated rings. The van der Waals surface area contributed by atoms with E-state index in [9.17, 15) is 18.0 Å². The maximum atomic E-state index is 12.5. The van der Waals surface area contributed by atoms with Crippen molar-refractivity contribution in [2.75, 3.05) is 19.6 Å². The van der Waals surface area contributed by atoms with E-state index in [4.69, 9.17) is 4.99 Å². The molecule has 0 spiro atoms. The number of thiazole rings is 1. The zero-order valence-electron chi connectivity index (χ0n) is 20.4. The second-order valence-corrected chi connectivity index (χ2v) is 9.07. The van der Waals surface area contributed by atoms with Gasteiger partial charge in [-0.2, -0.15) is 0 Å². The molecule has 0 radical (unpaired) electrons. The van der Waals surface area contributed by atoms with Gasteiger partial charge in [-0.15, -0.1) is 24.5 Å². The lowest BCUT2D eigenvalue weighted by Gasteiger charge is -2.12. The molecular formula is C26H31F3N4O2S. The average molecular weight is 521 g/mol. The number of ether oxygens (including phenoxy) is 1. The molecule has 10 heteroatoms. The van der Waals surface area contributed by atoms with E-state index in [1.54, 1.807) is 12.1 Å². The van der Waals surface area contributed by atoms with Gasteiger partial charge in [0.05, 0.1) is 12.2 Å². The highest BCUT2D eigenvalue weighted by molar-refractivity contribution is 7.07. The van der Waals surface area contributed by atoms with Gasteiger partial charge in [-0.05, 0) is 62.2 Å². The number of nitrogens with one attached hydrogen (secondary N) is 2. The number of carbonyl (C=O) groups excluding carboxylic acids is 1. The van der Waals surface area contributed by atoms with E-state index >= 15 is 0 Å². The van der Waals surface area contributed by atoms with Crippen LogP contribution in [0.1, 0.15) is 30.9 Å². The minimum Gasteiger partial charge on any atom is -0.406 e. The first kappa shape index (κ1) is 27.5. The summed E-state index contributed by atoms with van der Waals surface area (Å²) >= 11 is 1.50. The molecule has 194 valence electrons. The topological polar surface area (TPSA) is 67.7 Å². The van der Waals surface area contributed by atoms with E-state index < -0.39 is 6.36 Å². The zero-order chi connectivity index (χ0) is 26.0. The number of alkyl halides is 3. The summed E-state index contributed by atoms with van der Waals surface area (Å²) in [5.74, 6) is -0.233. The zero-order valence-corrected chi connectivity index (χ0v) is 21.2. The molecule has 0 bridgehead atoms. The predicted molar refractivity (Wildman–Crippen MR) is 136 cm³/mol. The number of halogens is 3. The van der Waals surface area contributed by atoms with Crippen LogP contribution >= 0.6 is 11.3 Å². The Kier molecular flexibility index (Phi) is 10.1. The Morgan fingerprint density at radius 1 is 1.08 bits per heavy atom. The Bertz CT molecular complexity index is 1170. The SMILES string of the molecule is CCNC(=O)CCNCCCn1c(-c2ccc(OC(F)(F)F)cc2)csc1=NCc1ccc(C)cc1. The fraction of sp³-hybridized carbons (Fsp3) is 0.385. The number of aryl methyl sites for hydroxylation is 1. The summed E-state index contributed by atoms with van der Waals surface area (Å²) in [5, 5.41) is 8.03. The fourth-order valence-corrected chi connectivity index (χ4v) is 4.49. The molecule has 1 aromatic heterocycles.